The minimum absolute atomic E-state index is 0.102. The molecule has 2 aliphatic rings. The van der Waals surface area contributed by atoms with Crippen molar-refractivity contribution >= 4 is 12.1 Å². The van der Waals surface area contributed by atoms with E-state index in [0.717, 1.165) is 44.0 Å². The largest absolute Gasteiger partial charge is 0.492 e. The summed E-state index contributed by atoms with van der Waals surface area (Å²) in [5.41, 5.74) is -0.454. The molecule has 0 radical (unpaired) electrons. The average molecular weight is 569 g/mol. The first-order valence-electron chi connectivity index (χ1n) is 13.2. The lowest BCUT2D eigenvalue weighted by Gasteiger charge is -2.28. The number of rotatable bonds is 6. The monoisotopic (exact) mass is 568 g/mol. The maximum atomic E-state index is 12.1. The van der Waals surface area contributed by atoms with Crippen molar-refractivity contribution < 1.29 is 42.1 Å². The number of halogens is 3. The molecule has 2 aromatic carbocycles. The Labute approximate surface area is 233 Å². The third-order valence-electron chi connectivity index (χ3n) is 5.79. The second-order valence-electron chi connectivity index (χ2n) is 10.3. The van der Waals surface area contributed by atoms with E-state index < -0.39 is 17.7 Å². The van der Waals surface area contributed by atoms with Crippen molar-refractivity contribution in [2.45, 2.75) is 70.3 Å². The molecule has 2 aromatic rings. The van der Waals surface area contributed by atoms with Crippen LogP contribution in [0.1, 0.15) is 46.5 Å². The SMILES string of the molecule is CC(C)(C)OC(=O)N1CCC[C@H]1COc1ccccc1.O=C(O)C(F)(F)F.c1ccc(OC[C@@H]2CCCN2)cc1. The number of amides is 1. The molecule has 0 unspecified atom stereocenters. The van der Waals surface area contributed by atoms with Crippen molar-refractivity contribution in [3.63, 3.8) is 0 Å². The Balaban J connectivity index is 0.000000239. The van der Waals surface area contributed by atoms with Gasteiger partial charge in [0.25, 0.3) is 0 Å². The number of aliphatic carboxylic acids is 1. The van der Waals surface area contributed by atoms with E-state index in [4.69, 9.17) is 24.1 Å². The van der Waals surface area contributed by atoms with Crippen LogP contribution in [-0.4, -0.2) is 72.2 Å². The van der Waals surface area contributed by atoms with Crippen molar-refractivity contribution in [2.24, 2.45) is 0 Å². The Morgan fingerprint density at radius 3 is 1.88 bits per heavy atom. The van der Waals surface area contributed by atoms with E-state index in [0.29, 0.717) is 12.6 Å². The van der Waals surface area contributed by atoms with Gasteiger partial charge in [0.2, 0.25) is 0 Å². The number of hydrogen-bond donors (Lipinski definition) is 2. The number of nitrogens with zero attached hydrogens (tertiary/aromatic N) is 1. The van der Waals surface area contributed by atoms with Gasteiger partial charge in [-0.1, -0.05) is 36.4 Å². The molecular formula is C29H39F3N2O6. The molecule has 0 bridgehead atoms. The summed E-state index contributed by atoms with van der Waals surface area (Å²) in [4.78, 5) is 22.8. The molecule has 0 aliphatic carbocycles. The van der Waals surface area contributed by atoms with Gasteiger partial charge in [0.05, 0.1) is 6.04 Å². The minimum atomic E-state index is -5.08. The van der Waals surface area contributed by atoms with Crippen LogP contribution in [0, 0.1) is 0 Å². The van der Waals surface area contributed by atoms with Crippen LogP contribution in [-0.2, 0) is 9.53 Å². The summed E-state index contributed by atoms with van der Waals surface area (Å²) >= 11 is 0. The lowest BCUT2D eigenvalue weighted by atomic mass is 10.2. The first-order chi connectivity index (χ1) is 18.8. The molecule has 0 aromatic heterocycles. The van der Waals surface area contributed by atoms with E-state index in [2.05, 4.69) is 5.32 Å². The molecule has 11 heteroatoms. The van der Waals surface area contributed by atoms with Crippen molar-refractivity contribution in [3.05, 3.63) is 60.7 Å². The number of carboxylic acids is 1. The fraction of sp³-hybridized carbons (Fsp3) is 0.517. The Morgan fingerprint density at radius 2 is 1.43 bits per heavy atom. The Kier molecular flexibility index (Phi) is 13.1. The van der Waals surface area contributed by atoms with E-state index in [9.17, 15) is 18.0 Å². The van der Waals surface area contributed by atoms with Crippen molar-refractivity contribution in [1.29, 1.82) is 0 Å². The molecule has 0 saturated carbocycles. The number of carbonyl (C=O) groups is 2. The standard InChI is InChI=1S/C16H23NO3.C11H15NO.C2HF3O2/c1-16(2,3)20-15(18)17-11-7-8-13(17)12-19-14-9-5-4-6-10-14;1-2-6-11(7-3-1)13-9-10-5-4-8-12-10;3-2(4,5)1(6)7/h4-6,9-10,13H,7-8,11-12H2,1-3H3;1-3,6-7,10,12H,4-5,8-9H2;(H,6,7)/t13-;10-;/m00./s1. The van der Waals surface area contributed by atoms with Crippen LogP contribution in [0.4, 0.5) is 18.0 Å². The van der Waals surface area contributed by atoms with Gasteiger partial charge in [0, 0.05) is 12.6 Å². The molecule has 0 spiro atoms. The van der Waals surface area contributed by atoms with Crippen LogP contribution in [0.2, 0.25) is 0 Å². The molecule has 2 fully saturated rings. The van der Waals surface area contributed by atoms with Gasteiger partial charge in [-0.05, 0) is 77.3 Å². The van der Waals surface area contributed by atoms with Crippen LogP contribution in [0.5, 0.6) is 11.5 Å². The van der Waals surface area contributed by atoms with E-state index in [-0.39, 0.29) is 12.1 Å². The van der Waals surface area contributed by atoms with Gasteiger partial charge < -0.3 is 29.5 Å². The fourth-order valence-corrected chi connectivity index (χ4v) is 3.89. The number of carboxylic acid groups (broad SMARTS) is 1. The summed E-state index contributed by atoms with van der Waals surface area (Å²) in [6, 6.07) is 20.3. The molecule has 4 rings (SSSR count). The lowest BCUT2D eigenvalue weighted by Crippen LogP contribution is -2.42. The molecular weight excluding hydrogens is 529 g/mol. The van der Waals surface area contributed by atoms with E-state index in [1.165, 1.54) is 12.8 Å². The summed E-state index contributed by atoms with van der Waals surface area (Å²) in [6.07, 6.45) is -0.833. The first kappa shape index (κ1) is 32.7. The average Bonchev–Trinajstić information content (AvgIpc) is 3.59. The number of carbonyl (C=O) groups excluding carboxylic acids is 1. The molecule has 2 heterocycles. The van der Waals surface area contributed by atoms with Gasteiger partial charge in [-0.15, -0.1) is 0 Å². The first-order valence-corrected chi connectivity index (χ1v) is 13.2. The normalized spacial score (nSPS) is 18.5. The van der Waals surface area contributed by atoms with E-state index in [1.807, 2.05) is 81.4 Å². The Bertz CT molecular complexity index is 1010. The number of benzene rings is 2. The Hall–Kier alpha value is -3.47. The van der Waals surface area contributed by atoms with Gasteiger partial charge in [0.15, 0.2) is 0 Å². The van der Waals surface area contributed by atoms with Crippen LogP contribution in [0.25, 0.3) is 0 Å². The zero-order valence-electron chi connectivity index (χ0n) is 23.2. The van der Waals surface area contributed by atoms with Crippen LogP contribution < -0.4 is 14.8 Å². The molecule has 2 N–H and O–H groups in total. The number of hydrogen-bond acceptors (Lipinski definition) is 6. The molecule has 1 amide bonds. The number of alkyl halides is 3. The van der Waals surface area contributed by atoms with E-state index in [1.54, 1.807) is 4.90 Å². The topological polar surface area (TPSA) is 97.3 Å². The van der Waals surface area contributed by atoms with Gasteiger partial charge in [-0.25, -0.2) is 9.59 Å². The highest BCUT2D eigenvalue weighted by Gasteiger charge is 2.38. The zero-order chi connectivity index (χ0) is 29.6. The summed E-state index contributed by atoms with van der Waals surface area (Å²) in [6.45, 7) is 8.86. The highest BCUT2D eigenvalue weighted by Crippen LogP contribution is 2.22. The third-order valence-corrected chi connectivity index (χ3v) is 5.79. The van der Waals surface area contributed by atoms with Crippen molar-refractivity contribution in [1.82, 2.24) is 10.2 Å². The number of nitrogens with one attached hydrogen (secondary N) is 1. The maximum absolute atomic E-state index is 12.1. The molecule has 2 aliphatic heterocycles. The number of ether oxygens (including phenoxy) is 3. The van der Waals surface area contributed by atoms with Crippen LogP contribution >= 0.6 is 0 Å². The number of para-hydroxylation sites is 2. The predicted octanol–water partition coefficient (Wildman–Crippen LogP) is 5.92. The van der Waals surface area contributed by atoms with Crippen molar-refractivity contribution in [3.8, 4) is 11.5 Å². The summed E-state index contributed by atoms with van der Waals surface area (Å²) in [7, 11) is 0. The van der Waals surface area contributed by atoms with Crippen LogP contribution in [0.15, 0.2) is 60.7 Å². The fourth-order valence-electron chi connectivity index (χ4n) is 3.89. The second-order valence-corrected chi connectivity index (χ2v) is 10.3. The minimum Gasteiger partial charge on any atom is -0.492 e. The maximum Gasteiger partial charge on any atom is 0.490 e. The van der Waals surface area contributed by atoms with Gasteiger partial charge in [0.1, 0.15) is 30.3 Å². The van der Waals surface area contributed by atoms with Gasteiger partial charge in [-0.3, -0.25) is 0 Å². The smallest absolute Gasteiger partial charge is 0.490 e. The summed E-state index contributed by atoms with van der Waals surface area (Å²) in [5, 5.41) is 10.5. The lowest BCUT2D eigenvalue weighted by molar-refractivity contribution is -0.192. The second kappa shape index (κ2) is 16.0. The summed E-state index contributed by atoms with van der Waals surface area (Å²) < 4.78 is 48.5. The number of likely N-dealkylation sites (tertiary alicyclic amines) is 1. The molecule has 2 atom stereocenters. The molecule has 2 saturated heterocycles. The summed E-state index contributed by atoms with van der Waals surface area (Å²) in [5.74, 6) is -0.952. The predicted molar refractivity (Wildman–Crippen MR) is 145 cm³/mol. The Morgan fingerprint density at radius 1 is 0.900 bits per heavy atom. The molecule has 8 nitrogen and oxygen atoms in total. The van der Waals surface area contributed by atoms with Crippen LogP contribution in [0.3, 0.4) is 0 Å². The zero-order valence-corrected chi connectivity index (χ0v) is 23.2. The van der Waals surface area contributed by atoms with Gasteiger partial charge >= 0.3 is 18.2 Å². The van der Waals surface area contributed by atoms with Gasteiger partial charge in [-0.2, -0.15) is 13.2 Å². The van der Waals surface area contributed by atoms with E-state index >= 15 is 0 Å². The third kappa shape index (κ3) is 13.1. The van der Waals surface area contributed by atoms with Crippen molar-refractivity contribution in [2.75, 3.05) is 26.3 Å². The molecule has 40 heavy (non-hydrogen) atoms. The highest BCUT2D eigenvalue weighted by molar-refractivity contribution is 5.73. The molecule has 222 valence electrons. The highest BCUT2D eigenvalue weighted by atomic mass is 19.4. The quantitative estimate of drug-likeness (QED) is 0.447.